The van der Waals surface area contributed by atoms with Crippen LogP contribution < -0.4 is 5.32 Å². The lowest BCUT2D eigenvalue weighted by atomic mass is 10.00. The molecule has 30 heavy (non-hydrogen) atoms. The summed E-state index contributed by atoms with van der Waals surface area (Å²) in [6.07, 6.45) is 0.946. The molecule has 3 rings (SSSR count). The first-order chi connectivity index (χ1) is 14.3. The molecule has 1 heterocycles. The number of aromatic nitrogens is 1. The van der Waals surface area contributed by atoms with Crippen LogP contribution in [0.25, 0.3) is 22.2 Å². The molecule has 3 aromatic rings. The Labute approximate surface area is 173 Å². The van der Waals surface area contributed by atoms with E-state index in [2.05, 4.69) is 10.3 Å². The van der Waals surface area contributed by atoms with Gasteiger partial charge in [-0.15, -0.1) is 0 Å². The van der Waals surface area contributed by atoms with Crippen LogP contribution in [-0.2, 0) is 11.2 Å². The maximum Gasteiger partial charge on any atom is 0.220 e. The Hall–Kier alpha value is -2.80. The molecule has 0 aliphatic rings. The molecule has 4 nitrogen and oxygen atoms in total. The van der Waals surface area contributed by atoms with Gasteiger partial charge in [-0.25, -0.2) is 13.2 Å². The second-order valence-electron chi connectivity index (χ2n) is 7.87. The quantitative estimate of drug-likeness (QED) is 0.496. The molecule has 0 fully saturated rings. The zero-order chi connectivity index (χ0) is 21.8. The average Bonchev–Trinajstić information content (AvgIpc) is 3.04. The highest BCUT2D eigenvalue weighted by Crippen LogP contribution is 2.33. The van der Waals surface area contributed by atoms with Crippen molar-refractivity contribution in [2.24, 2.45) is 5.92 Å². The largest absolute Gasteiger partial charge is 0.394 e. The number of carbonyl (C=O) groups is 1. The molecule has 7 heteroatoms. The molecule has 0 bridgehead atoms. The lowest BCUT2D eigenvalue weighted by Gasteiger charge is -2.18. The minimum atomic E-state index is -0.735. The Bertz CT molecular complexity index is 1030. The van der Waals surface area contributed by atoms with Gasteiger partial charge >= 0.3 is 0 Å². The van der Waals surface area contributed by atoms with Gasteiger partial charge in [0.05, 0.1) is 18.2 Å². The van der Waals surface area contributed by atoms with Crippen molar-refractivity contribution in [3.63, 3.8) is 0 Å². The number of aliphatic hydroxyl groups excluding tert-OH is 1. The van der Waals surface area contributed by atoms with Crippen molar-refractivity contribution in [2.45, 2.75) is 39.2 Å². The highest BCUT2D eigenvalue weighted by molar-refractivity contribution is 5.92. The second kappa shape index (κ2) is 9.34. The Balaban J connectivity index is 1.90. The van der Waals surface area contributed by atoms with E-state index in [0.29, 0.717) is 34.5 Å². The van der Waals surface area contributed by atoms with Gasteiger partial charge < -0.3 is 15.4 Å². The van der Waals surface area contributed by atoms with Gasteiger partial charge in [0.25, 0.3) is 0 Å². The first kappa shape index (κ1) is 21.9. The van der Waals surface area contributed by atoms with Crippen molar-refractivity contribution in [1.29, 1.82) is 0 Å². The summed E-state index contributed by atoms with van der Waals surface area (Å²) in [7, 11) is 0. The molecule has 2 aromatic carbocycles. The predicted molar refractivity (Wildman–Crippen MR) is 110 cm³/mol. The summed E-state index contributed by atoms with van der Waals surface area (Å²) >= 11 is 0. The topological polar surface area (TPSA) is 65.1 Å². The van der Waals surface area contributed by atoms with Gasteiger partial charge in [-0.3, -0.25) is 4.79 Å². The van der Waals surface area contributed by atoms with Gasteiger partial charge in [-0.05, 0) is 60.2 Å². The highest BCUT2D eigenvalue weighted by Gasteiger charge is 2.19. The Kier molecular flexibility index (Phi) is 6.82. The van der Waals surface area contributed by atoms with E-state index in [1.807, 2.05) is 13.8 Å². The van der Waals surface area contributed by atoms with E-state index < -0.39 is 17.5 Å². The molecular weight excluding hydrogens is 393 g/mol. The number of carbonyl (C=O) groups excluding carboxylic acids is 1. The molecule has 0 aliphatic heterocycles. The Morgan fingerprint density at radius 2 is 1.80 bits per heavy atom. The number of H-pyrrole nitrogens is 1. The zero-order valence-electron chi connectivity index (χ0n) is 16.9. The summed E-state index contributed by atoms with van der Waals surface area (Å²) in [5, 5.41) is 12.6. The van der Waals surface area contributed by atoms with Gasteiger partial charge in [-0.1, -0.05) is 13.8 Å². The molecule has 0 aliphatic carbocycles. The van der Waals surface area contributed by atoms with Crippen LogP contribution in [0, 0.1) is 23.4 Å². The van der Waals surface area contributed by atoms with Crippen LogP contribution in [0.3, 0.4) is 0 Å². The van der Waals surface area contributed by atoms with Crippen LogP contribution in [0.15, 0.2) is 36.4 Å². The highest BCUT2D eigenvalue weighted by atomic mass is 19.1. The summed E-state index contributed by atoms with van der Waals surface area (Å²) in [5.41, 5.74) is 1.84. The molecule has 0 saturated carbocycles. The van der Waals surface area contributed by atoms with E-state index in [-0.39, 0.29) is 36.9 Å². The molecule has 0 spiro atoms. The van der Waals surface area contributed by atoms with E-state index in [4.69, 9.17) is 0 Å². The number of hydrogen-bond donors (Lipinski definition) is 3. The molecule has 0 radical (unpaired) electrons. The number of fused-ring (bicyclic) bond motifs is 1. The van der Waals surface area contributed by atoms with E-state index in [0.717, 1.165) is 6.07 Å². The number of hydrogen-bond acceptors (Lipinski definition) is 2. The Morgan fingerprint density at radius 1 is 1.10 bits per heavy atom. The van der Waals surface area contributed by atoms with Crippen molar-refractivity contribution < 1.29 is 23.1 Å². The minimum absolute atomic E-state index is 0.0773. The summed E-state index contributed by atoms with van der Waals surface area (Å²) < 4.78 is 41.5. The van der Waals surface area contributed by atoms with Crippen LogP contribution in [0.2, 0.25) is 0 Å². The van der Waals surface area contributed by atoms with Gasteiger partial charge in [0.1, 0.15) is 17.5 Å². The van der Waals surface area contributed by atoms with Crippen LogP contribution >= 0.6 is 0 Å². The second-order valence-corrected chi connectivity index (χ2v) is 7.87. The lowest BCUT2D eigenvalue weighted by Crippen LogP contribution is -2.38. The number of aryl methyl sites for hydroxylation is 1. The molecule has 0 unspecified atom stereocenters. The van der Waals surface area contributed by atoms with E-state index in [1.165, 1.54) is 18.2 Å². The van der Waals surface area contributed by atoms with Crippen LogP contribution in [0.4, 0.5) is 13.2 Å². The van der Waals surface area contributed by atoms with E-state index >= 15 is 0 Å². The average molecular weight is 418 g/mol. The minimum Gasteiger partial charge on any atom is -0.394 e. The third-order valence-electron chi connectivity index (χ3n) is 5.01. The zero-order valence-corrected chi connectivity index (χ0v) is 16.9. The molecule has 1 aromatic heterocycles. The first-order valence-electron chi connectivity index (χ1n) is 9.94. The number of aliphatic hydroxyl groups is 1. The smallest absolute Gasteiger partial charge is 0.220 e. The van der Waals surface area contributed by atoms with Gasteiger partial charge in [0, 0.05) is 23.6 Å². The fourth-order valence-corrected chi connectivity index (χ4v) is 3.68. The van der Waals surface area contributed by atoms with Crippen LogP contribution in [-0.4, -0.2) is 28.6 Å². The standard InChI is InChI=1S/C23H25F3N2O2/c1-13(2)9-17(12-29)27-21(30)8-7-18-19-10-16(25)11-20(26)23(19)28-22(18)14-3-5-15(24)6-4-14/h3-6,10-11,13,17,28-29H,7-9,12H2,1-2H3,(H,27,30)/t17-/m0/s1. The summed E-state index contributed by atoms with van der Waals surface area (Å²) in [6, 6.07) is 7.33. The SMILES string of the molecule is CC(C)C[C@@H](CO)NC(=O)CCc1c(-c2ccc(F)cc2)[nH]c2c(F)cc(F)cc12. The summed E-state index contributed by atoms with van der Waals surface area (Å²) in [5.74, 6) is -1.81. The first-order valence-corrected chi connectivity index (χ1v) is 9.94. The predicted octanol–water partition coefficient (Wildman–Crippen LogP) is 4.71. The molecule has 0 saturated heterocycles. The van der Waals surface area contributed by atoms with Crippen molar-refractivity contribution in [3.05, 3.63) is 59.4 Å². The molecular formula is C23H25F3N2O2. The van der Waals surface area contributed by atoms with Crippen LogP contribution in [0.1, 0.15) is 32.3 Å². The number of halogens is 3. The maximum absolute atomic E-state index is 14.3. The van der Waals surface area contributed by atoms with Gasteiger partial charge in [-0.2, -0.15) is 0 Å². The number of nitrogens with one attached hydrogen (secondary N) is 2. The summed E-state index contributed by atoms with van der Waals surface area (Å²) in [4.78, 5) is 15.4. The summed E-state index contributed by atoms with van der Waals surface area (Å²) in [6.45, 7) is 3.84. The fraction of sp³-hybridized carbons (Fsp3) is 0.348. The molecule has 1 amide bonds. The van der Waals surface area contributed by atoms with Crippen molar-refractivity contribution in [2.75, 3.05) is 6.61 Å². The Morgan fingerprint density at radius 3 is 2.43 bits per heavy atom. The van der Waals surface area contributed by atoms with E-state index in [1.54, 1.807) is 12.1 Å². The lowest BCUT2D eigenvalue weighted by molar-refractivity contribution is -0.122. The number of aromatic amines is 1. The number of amides is 1. The van der Waals surface area contributed by atoms with Crippen molar-refractivity contribution >= 4 is 16.8 Å². The fourth-order valence-electron chi connectivity index (χ4n) is 3.68. The number of rotatable bonds is 8. The molecule has 160 valence electrons. The van der Waals surface area contributed by atoms with Crippen molar-refractivity contribution in [3.8, 4) is 11.3 Å². The van der Waals surface area contributed by atoms with E-state index in [9.17, 15) is 23.1 Å². The normalized spacial score (nSPS) is 12.5. The van der Waals surface area contributed by atoms with Gasteiger partial charge in [0.2, 0.25) is 5.91 Å². The monoisotopic (exact) mass is 418 g/mol. The number of benzene rings is 2. The molecule has 3 N–H and O–H groups in total. The third kappa shape index (κ3) is 5.02. The van der Waals surface area contributed by atoms with Gasteiger partial charge in [0.15, 0.2) is 0 Å². The molecule has 1 atom stereocenters. The maximum atomic E-state index is 14.3. The third-order valence-corrected chi connectivity index (χ3v) is 5.01. The van der Waals surface area contributed by atoms with Crippen LogP contribution in [0.5, 0.6) is 0 Å². The van der Waals surface area contributed by atoms with Crippen molar-refractivity contribution in [1.82, 2.24) is 10.3 Å².